The Kier molecular flexibility index (Phi) is 2.83. The van der Waals surface area contributed by atoms with Crippen molar-refractivity contribution in [3.63, 3.8) is 0 Å². The fourth-order valence-corrected chi connectivity index (χ4v) is 4.60. The molecule has 106 valence electrons. The number of carbonyl (C=O) groups is 1. The molecular weight excluding hydrogens is 272 g/mol. The van der Waals surface area contributed by atoms with Crippen LogP contribution in [0.15, 0.2) is 12.1 Å². The maximum absolute atomic E-state index is 11.5. The minimum Gasteiger partial charge on any atom is -0.325 e. The molecule has 3 atom stereocenters. The maximum atomic E-state index is 11.5. The van der Waals surface area contributed by atoms with Crippen LogP contribution in [0.25, 0.3) is 0 Å². The molecule has 3 aliphatic rings. The van der Waals surface area contributed by atoms with Crippen molar-refractivity contribution in [1.82, 2.24) is 0 Å². The summed E-state index contributed by atoms with van der Waals surface area (Å²) in [7, 11) is 0. The van der Waals surface area contributed by atoms with Crippen LogP contribution in [0.3, 0.4) is 0 Å². The van der Waals surface area contributed by atoms with Gasteiger partial charge in [0.05, 0.1) is 6.42 Å². The topological polar surface area (TPSA) is 55.1 Å². The van der Waals surface area contributed by atoms with E-state index in [0.29, 0.717) is 17.4 Å². The SMILES string of the molecule is NC(c1cc2c(cc1Cl)NC(=O)C2)C1C2CCCCC21. The molecule has 0 bridgehead atoms. The number of nitrogens with one attached hydrogen (secondary N) is 1. The number of carbonyl (C=O) groups excluding carboxylic acids is 1. The van der Waals surface area contributed by atoms with Crippen LogP contribution in [-0.4, -0.2) is 5.91 Å². The molecule has 0 spiro atoms. The largest absolute Gasteiger partial charge is 0.325 e. The zero-order valence-corrected chi connectivity index (χ0v) is 12.1. The van der Waals surface area contributed by atoms with E-state index in [1.165, 1.54) is 25.7 Å². The number of hydrogen-bond acceptors (Lipinski definition) is 2. The maximum Gasteiger partial charge on any atom is 0.228 e. The molecule has 1 amide bonds. The van der Waals surface area contributed by atoms with Crippen molar-refractivity contribution in [3.8, 4) is 0 Å². The van der Waals surface area contributed by atoms with Crippen molar-refractivity contribution in [2.24, 2.45) is 23.5 Å². The second kappa shape index (κ2) is 4.47. The summed E-state index contributed by atoms with van der Waals surface area (Å²) in [4.78, 5) is 11.5. The molecule has 1 aliphatic heterocycles. The number of rotatable bonds is 2. The molecule has 2 aliphatic carbocycles. The summed E-state index contributed by atoms with van der Waals surface area (Å²) >= 11 is 6.39. The van der Waals surface area contributed by atoms with Crippen molar-refractivity contribution in [1.29, 1.82) is 0 Å². The Balaban J connectivity index is 1.62. The van der Waals surface area contributed by atoms with E-state index in [4.69, 9.17) is 17.3 Å². The standard InChI is InChI=1S/C16H19ClN2O/c17-12-7-13-8(6-14(20)19-13)5-11(12)16(18)15-9-3-1-2-4-10(9)15/h5,7,9-10,15-16H,1-4,6,18H2,(H,19,20). The van der Waals surface area contributed by atoms with Gasteiger partial charge in [-0.15, -0.1) is 0 Å². The third kappa shape index (κ3) is 1.87. The zero-order valence-electron chi connectivity index (χ0n) is 11.4. The molecule has 1 aromatic carbocycles. The Morgan fingerprint density at radius 1 is 1.25 bits per heavy atom. The number of halogens is 1. The number of anilines is 1. The van der Waals surface area contributed by atoms with Crippen molar-refractivity contribution < 1.29 is 4.79 Å². The van der Waals surface area contributed by atoms with Gasteiger partial charge in [0.25, 0.3) is 0 Å². The Bertz CT molecular complexity index is 574. The van der Waals surface area contributed by atoms with Crippen LogP contribution in [0, 0.1) is 17.8 Å². The minimum absolute atomic E-state index is 0.0246. The van der Waals surface area contributed by atoms with E-state index in [0.717, 1.165) is 28.7 Å². The molecule has 20 heavy (non-hydrogen) atoms. The lowest BCUT2D eigenvalue weighted by molar-refractivity contribution is -0.115. The predicted molar refractivity (Wildman–Crippen MR) is 79.7 cm³/mol. The van der Waals surface area contributed by atoms with E-state index >= 15 is 0 Å². The Hall–Kier alpha value is -1.06. The first kappa shape index (κ1) is 12.7. The second-order valence-electron chi connectivity index (χ2n) is 6.47. The van der Waals surface area contributed by atoms with Gasteiger partial charge in [-0.1, -0.05) is 30.5 Å². The van der Waals surface area contributed by atoms with E-state index in [2.05, 4.69) is 5.32 Å². The first-order chi connectivity index (χ1) is 9.65. The third-order valence-corrected chi connectivity index (χ3v) is 5.67. The zero-order chi connectivity index (χ0) is 13.9. The average molecular weight is 291 g/mol. The molecule has 1 heterocycles. The summed E-state index contributed by atoms with van der Waals surface area (Å²) in [6.07, 6.45) is 5.79. The Morgan fingerprint density at radius 2 is 1.95 bits per heavy atom. The second-order valence-corrected chi connectivity index (χ2v) is 6.88. The van der Waals surface area contributed by atoms with E-state index in [1.807, 2.05) is 12.1 Å². The summed E-state index contributed by atoms with van der Waals surface area (Å²) in [5, 5.41) is 3.53. The molecule has 1 aromatic rings. The average Bonchev–Trinajstić information content (AvgIpc) is 3.04. The van der Waals surface area contributed by atoms with Crippen LogP contribution in [0.4, 0.5) is 5.69 Å². The summed E-state index contributed by atoms with van der Waals surface area (Å²) in [6, 6.07) is 3.93. The highest BCUT2D eigenvalue weighted by molar-refractivity contribution is 6.32. The highest BCUT2D eigenvalue weighted by Gasteiger charge is 2.53. The van der Waals surface area contributed by atoms with E-state index in [-0.39, 0.29) is 11.9 Å². The molecule has 0 saturated heterocycles. The summed E-state index contributed by atoms with van der Waals surface area (Å²) in [5.74, 6) is 2.26. The summed E-state index contributed by atoms with van der Waals surface area (Å²) in [5.41, 5.74) is 9.42. The van der Waals surface area contributed by atoms with E-state index in [1.54, 1.807) is 0 Å². The number of amides is 1. The van der Waals surface area contributed by atoms with Crippen LogP contribution in [0.2, 0.25) is 5.02 Å². The lowest BCUT2D eigenvalue weighted by atomic mass is 9.97. The van der Waals surface area contributed by atoms with Crippen molar-refractivity contribution in [2.45, 2.75) is 38.1 Å². The van der Waals surface area contributed by atoms with Crippen LogP contribution >= 0.6 is 11.6 Å². The van der Waals surface area contributed by atoms with Crippen molar-refractivity contribution in [2.75, 3.05) is 5.32 Å². The lowest BCUT2D eigenvalue weighted by Crippen LogP contribution is -2.15. The number of nitrogens with two attached hydrogens (primary N) is 1. The highest BCUT2D eigenvalue weighted by Crippen LogP contribution is 2.60. The smallest absolute Gasteiger partial charge is 0.228 e. The molecule has 4 rings (SSSR count). The predicted octanol–water partition coefficient (Wildman–Crippen LogP) is 3.27. The van der Waals surface area contributed by atoms with E-state index in [9.17, 15) is 4.79 Å². The quantitative estimate of drug-likeness (QED) is 0.878. The molecular formula is C16H19ClN2O. The Labute approximate surface area is 123 Å². The van der Waals surface area contributed by atoms with Gasteiger partial charge in [-0.2, -0.15) is 0 Å². The number of fused-ring (bicyclic) bond motifs is 2. The van der Waals surface area contributed by atoms with Gasteiger partial charge in [0.2, 0.25) is 5.91 Å². The van der Waals surface area contributed by atoms with Gasteiger partial charge in [0.15, 0.2) is 0 Å². The van der Waals surface area contributed by atoms with Gasteiger partial charge in [0.1, 0.15) is 0 Å². The number of benzene rings is 1. The first-order valence-electron chi connectivity index (χ1n) is 7.53. The molecule has 4 heteroatoms. The monoisotopic (exact) mass is 290 g/mol. The summed E-state index contributed by atoms with van der Waals surface area (Å²) < 4.78 is 0. The molecule has 3 N–H and O–H groups in total. The molecule has 2 saturated carbocycles. The van der Waals surface area contributed by atoms with Crippen LogP contribution in [0.5, 0.6) is 0 Å². The fourth-order valence-electron chi connectivity index (χ4n) is 4.31. The van der Waals surface area contributed by atoms with Crippen molar-refractivity contribution >= 4 is 23.2 Å². The molecule has 3 unspecified atom stereocenters. The molecule has 3 nitrogen and oxygen atoms in total. The highest BCUT2D eigenvalue weighted by atomic mass is 35.5. The van der Waals surface area contributed by atoms with Gasteiger partial charge >= 0.3 is 0 Å². The van der Waals surface area contributed by atoms with Crippen molar-refractivity contribution in [3.05, 3.63) is 28.3 Å². The third-order valence-electron chi connectivity index (χ3n) is 5.34. The fraction of sp³-hybridized carbons (Fsp3) is 0.562. The lowest BCUT2D eigenvalue weighted by Gasteiger charge is -2.15. The van der Waals surface area contributed by atoms with Crippen LogP contribution in [-0.2, 0) is 11.2 Å². The van der Waals surface area contributed by atoms with Gasteiger partial charge < -0.3 is 11.1 Å². The normalized spacial score (nSPS) is 32.3. The molecule has 0 radical (unpaired) electrons. The first-order valence-corrected chi connectivity index (χ1v) is 7.90. The van der Waals surface area contributed by atoms with Crippen LogP contribution < -0.4 is 11.1 Å². The van der Waals surface area contributed by atoms with E-state index < -0.39 is 0 Å². The number of hydrogen-bond donors (Lipinski definition) is 2. The van der Waals surface area contributed by atoms with Gasteiger partial charge in [-0.05, 0) is 47.8 Å². The molecule has 0 aromatic heterocycles. The van der Waals surface area contributed by atoms with Crippen LogP contribution in [0.1, 0.15) is 42.9 Å². The Morgan fingerprint density at radius 3 is 2.65 bits per heavy atom. The van der Waals surface area contributed by atoms with Gasteiger partial charge in [0, 0.05) is 16.8 Å². The summed E-state index contributed by atoms with van der Waals surface area (Å²) in [6.45, 7) is 0. The molecule has 2 fully saturated rings. The minimum atomic E-state index is 0.0246. The van der Waals surface area contributed by atoms with Gasteiger partial charge in [-0.3, -0.25) is 4.79 Å². The van der Waals surface area contributed by atoms with Gasteiger partial charge in [-0.25, -0.2) is 0 Å².